The van der Waals surface area contributed by atoms with E-state index in [2.05, 4.69) is 60.7 Å². The highest BCUT2D eigenvalue weighted by atomic mass is 16.3. The van der Waals surface area contributed by atoms with Gasteiger partial charge in [0.1, 0.15) is 0 Å². The lowest BCUT2D eigenvalue weighted by atomic mass is 9.78. The van der Waals surface area contributed by atoms with Gasteiger partial charge in [-0.05, 0) is 58.2 Å². The third kappa shape index (κ3) is 1.94. The first-order valence-corrected chi connectivity index (χ1v) is 9.31. The summed E-state index contributed by atoms with van der Waals surface area (Å²) in [7, 11) is 0. The zero-order chi connectivity index (χ0) is 17.3. The van der Waals surface area contributed by atoms with E-state index in [0.29, 0.717) is 12.2 Å². The van der Waals surface area contributed by atoms with Gasteiger partial charge in [-0.1, -0.05) is 12.1 Å². The van der Waals surface area contributed by atoms with Crippen molar-refractivity contribution in [2.24, 2.45) is 0 Å². The topological polar surface area (TPSA) is 32.5 Å². The van der Waals surface area contributed by atoms with Gasteiger partial charge in [-0.2, -0.15) is 0 Å². The Kier molecular flexibility index (Phi) is 3.03. The second kappa shape index (κ2) is 4.98. The van der Waals surface area contributed by atoms with Crippen LogP contribution in [0.4, 0.5) is 5.69 Å². The number of pyridine rings is 1. The second-order valence-corrected chi connectivity index (χ2v) is 8.11. The number of aryl methyl sites for hydroxylation is 1. The molecule has 0 radical (unpaired) electrons. The maximum atomic E-state index is 6.27. The van der Waals surface area contributed by atoms with Crippen molar-refractivity contribution in [3.63, 3.8) is 0 Å². The number of hydrogen-bond acceptors (Lipinski definition) is 4. The van der Waals surface area contributed by atoms with Gasteiger partial charge in [0.15, 0.2) is 5.58 Å². The molecule has 3 aliphatic heterocycles. The van der Waals surface area contributed by atoms with Crippen LogP contribution in [0.1, 0.15) is 39.2 Å². The third-order valence-corrected chi connectivity index (χ3v) is 6.48. The Bertz CT molecular complexity index is 978. The molecule has 0 aliphatic carbocycles. The predicted octanol–water partition coefficient (Wildman–Crippen LogP) is 4.70. The van der Waals surface area contributed by atoms with E-state index in [1.165, 1.54) is 36.0 Å². The van der Waals surface area contributed by atoms with Crippen LogP contribution in [0.2, 0.25) is 0 Å². The smallest absolute Gasteiger partial charge is 0.227 e. The number of benzene rings is 1. The summed E-state index contributed by atoms with van der Waals surface area (Å²) in [5.74, 6) is 0. The van der Waals surface area contributed by atoms with Gasteiger partial charge in [-0.25, -0.2) is 4.98 Å². The van der Waals surface area contributed by atoms with E-state index in [9.17, 15) is 0 Å². The van der Waals surface area contributed by atoms with Crippen LogP contribution in [0, 0.1) is 6.92 Å². The summed E-state index contributed by atoms with van der Waals surface area (Å²) in [5.41, 5.74) is 4.43. The van der Waals surface area contributed by atoms with Gasteiger partial charge in [0, 0.05) is 35.1 Å². The minimum atomic E-state index is 0.180. The summed E-state index contributed by atoms with van der Waals surface area (Å²) < 4.78 is 6.27. The molecule has 3 aromatic rings. The lowest BCUT2D eigenvalue weighted by Crippen LogP contribution is -2.71. The van der Waals surface area contributed by atoms with Gasteiger partial charge in [-0.3, -0.25) is 4.90 Å². The van der Waals surface area contributed by atoms with Crippen LogP contribution in [-0.4, -0.2) is 34.2 Å². The molecule has 0 amide bonds. The molecule has 4 heteroatoms. The van der Waals surface area contributed by atoms with Crippen LogP contribution in [0.5, 0.6) is 0 Å². The van der Waals surface area contributed by atoms with Gasteiger partial charge in [-0.15, -0.1) is 0 Å². The number of hydrogen-bond donors (Lipinski definition) is 0. The average molecular weight is 335 g/mol. The van der Waals surface area contributed by atoms with E-state index >= 15 is 0 Å². The monoisotopic (exact) mass is 335 g/mol. The maximum Gasteiger partial charge on any atom is 0.227 e. The van der Waals surface area contributed by atoms with Gasteiger partial charge >= 0.3 is 0 Å². The average Bonchev–Trinajstić information content (AvgIpc) is 2.94. The Morgan fingerprint density at radius 1 is 1.20 bits per heavy atom. The normalized spacial score (nSPS) is 32.0. The van der Waals surface area contributed by atoms with E-state index in [4.69, 9.17) is 4.42 Å². The van der Waals surface area contributed by atoms with Crippen molar-refractivity contribution in [2.45, 2.75) is 58.3 Å². The fourth-order valence-electron chi connectivity index (χ4n) is 5.33. The summed E-state index contributed by atoms with van der Waals surface area (Å²) in [6.45, 7) is 10.5. The molecule has 1 aromatic carbocycles. The van der Waals surface area contributed by atoms with Crippen molar-refractivity contribution in [1.29, 1.82) is 0 Å². The zero-order valence-corrected chi connectivity index (χ0v) is 15.4. The van der Waals surface area contributed by atoms with Crippen LogP contribution in [0.25, 0.3) is 22.1 Å². The van der Waals surface area contributed by atoms with E-state index in [1.54, 1.807) is 6.20 Å². The number of fused-ring (bicyclic) bond motifs is 6. The molecule has 5 heterocycles. The van der Waals surface area contributed by atoms with Crippen molar-refractivity contribution in [3.8, 4) is 0 Å². The van der Waals surface area contributed by atoms with Crippen LogP contribution in [0.3, 0.4) is 0 Å². The molecule has 4 atom stereocenters. The first kappa shape index (κ1) is 15.2. The fraction of sp³-hybridized carbons (Fsp3) is 0.476. The highest BCUT2D eigenvalue weighted by molar-refractivity contribution is 6.08. The molecule has 3 fully saturated rings. The molecule has 0 N–H and O–H groups in total. The van der Waals surface area contributed by atoms with Crippen LogP contribution >= 0.6 is 0 Å². The maximum absolute atomic E-state index is 6.27. The number of nitrogens with zero attached hydrogens (tertiary/aromatic N) is 3. The molecule has 4 unspecified atom stereocenters. The summed E-state index contributed by atoms with van der Waals surface area (Å²) in [6.07, 6.45) is 4.59. The third-order valence-electron chi connectivity index (χ3n) is 6.48. The molecule has 0 saturated carbocycles. The minimum absolute atomic E-state index is 0.180. The summed E-state index contributed by atoms with van der Waals surface area (Å²) in [5, 5.41) is 2.27. The molecule has 6 rings (SSSR count). The molecule has 130 valence electrons. The van der Waals surface area contributed by atoms with Gasteiger partial charge in [0.05, 0.1) is 11.9 Å². The van der Waals surface area contributed by atoms with Crippen molar-refractivity contribution in [3.05, 3.63) is 36.0 Å². The molecule has 2 aromatic heterocycles. The number of anilines is 1. The molecule has 4 nitrogen and oxygen atoms in total. The Morgan fingerprint density at radius 2 is 2.04 bits per heavy atom. The van der Waals surface area contributed by atoms with Crippen molar-refractivity contribution < 1.29 is 4.42 Å². The molecule has 0 spiro atoms. The van der Waals surface area contributed by atoms with E-state index in [0.717, 1.165) is 16.7 Å². The molecule has 3 saturated heterocycles. The highest BCUT2D eigenvalue weighted by Gasteiger charge is 2.50. The van der Waals surface area contributed by atoms with Crippen LogP contribution in [-0.2, 0) is 0 Å². The van der Waals surface area contributed by atoms with E-state index < -0.39 is 0 Å². The zero-order valence-electron chi connectivity index (χ0n) is 15.4. The van der Waals surface area contributed by atoms with Crippen molar-refractivity contribution in [1.82, 2.24) is 9.88 Å². The summed E-state index contributed by atoms with van der Waals surface area (Å²) in [4.78, 5) is 9.69. The van der Waals surface area contributed by atoms with Gasteiger partial charge in [0.25, 0.3) is 0 Å². The quantitative estimate of drug-likeness (QED) is 0.645. The fourth-order valence-corrected chi connectivity index (χ4v) is 5.33. The van der Waals surface area contributed by atoms with E-state index in [1.807, 2.05) is 6.07 Å². The molecule has 2 bridgehead atoms. The number of rotatable bonds is 1. The summed E-state index contributed by atoms with van der Waals surface area (Å²) in [6, 6.07) is 9.14. The SMILES string of the molecule is Cc1ccc2c(oc3ncccc32)c1N1C(C)N2CCC1(C)CC2C. The Labute approximate surface area is 148 Å². The lowest BCUT2D eigenvalue weighted by molar-refractivity contribution is 0.00487. The largest absolute Gasteiger partial charge is 0.436 e. The standard InChI is InChI=1S/C21H25N3O/c1-13-7-8-16-17-6-5-10-22-20(17)25-19(16)18(13)24-15(3)23-11-9-21(24,4)12-14(23)2/h5-8,10,14-15H,9,11-12H2,1-4H3. The number of aromatic nitrogens is 1. The van der Waals surface area contributed by atoms with Crippen LogP contribution < -0.4 is 4.90 Å². The number of piperidine rings is 1. The van der Waals surface area contributed by atoms with Gasteiger partial charge in [0.2, 0.25) is 5.71 Å². The molecule has 3 aliphatic rings. The van der Waals surface area contributed by atoms with Crippen molar-refractivity contribution in [2.75, 3.05) is 11.4 Å². The molecular formula is C21H25N3O. The summed E-state index contributed by atoms with van der Waals surface area (Å²) >= 11 is 0. The predicted molar refractivity (Wildman–Crippen MR) is 102 cm³/mol. The Morgan fingerprint density at radius 3 is 2.80 bits per heavy atom. The minimum Gasteiger partial charge on any atom is -0.436 e. The first-order valence-electron chi connectivity index (χ1n) is 9.31. The van der Waals surface area contributed by atoms with Crippen molar-refractivity contribution >= 4 is 27.8 Å². The molecular weight excluding hydrogens is 310 g/mol. The van der Waals surface area contributed by atoms with Gasteiger partial charge < -0.3 is 9.32 Å². The number of furan rings is 1. The lowest BCUT2D eigenvalue weighted by Gasteiger charge is -2.62. The first-order chi connectivity index (χ1) is 12.0. The second-order valence-electron chi connectivity index (χ2n) is 8.11. The van der Waals surface area contributed by atoms with Crippen LogP contribution in [0.15, 0.2) is 34.9 Å². The Balaban J connectivity index is 1.79. The Hall–Kier alpha value is -2.07. The molecule has 25 heavy (non-hydrogen) atoms. The van der Waals surface area contributed by atoms with E-state index in [-0.39, 0.29) is 5.54 Å². The highest BCUT2D eigenvalue weighted by Crippen LogP contribution is 2.48.